The first-order valence-corrected chi connectivity index (χ1v) is 9.57. The molecule has 0 aliphatic carbocycles. The molecule has 0 aliphatic heterocycles. The third-order valence-electron chi connectivity index (χ3n) is 4.58. The topological polar surface area (TPSA) is 84.2 Å². The van der Waals surface area contributed by atoms with Crippen LogP contribution in [-0.4, -0.2) is 45.9 Å². The average molecular weight is 409 g/mol. The Bertz CT molecular complexity index is 1110. The predicted octanol–water partition coefficient (Wildman–Crippen LogP) is 3.69. The number of aromatic nitrogens is 5. The van der Waals surface area contributed by atoms with E-state index in [4.69, 9.17) is 14.2 Å². The number of nitrogens with zero attached hydrogens (tertiary/aromatic N) is 5. The molecule has 4 aromatic rings. The third-order valence-corrected chi connectivity index (χ3v) is 5.21. The van der Waals surface area contributed by atoms with Gasteiger partial charge in [-0.2, -0.15) is 4.37 Å². The van der Waals surface area contributed by atoms with Gasteiger partial charge in [0, 0.05) is 29.1 Å². The summed E-state index contributed by atoms with van der Waals surface area (Å²) in [5, 5.41) is 13.6. The van der Waals surface area contributed by atoms with Crippen LogP contribution >= 0.6 is 11.5 Å². The number of methoxy groups -OCH3 is 3. The lowest BCUT2D eigenvalue weighted by molar-refractivity contribution is 0.324. The molecule has 0 N–H and O–H groups in total. The lowest BCUT2D eigenvalue weighted by Crippen LogP contribution is -1.96. The maximum absolute atomic E-state index is 5.48. The lowest BCUT2D eigenvalue weighted by atomic mass is 10.00. The van der Waals surface area contributed by atoms with Gasteiger partial charge in [-0.05, 0) is 39.7 Å². The Kier molecular flexibility index (Phi) is 5.13. The summed E-state index contributed by atoms with van der Waals surface area (Å²) in [4.78, 5) is 0. The summed E-state index contributed by atoms with van der Waals surface area (Å²) < 4.78 is 22.6. The lowest BCUT2D eigenvalue weighted by Gasteiger charge is -2.14. The summed E-state index contributed by atoms with van der Waals surface area (Å²) >= 11 is 1.40. The van der Waals surface area contributed by atoms with Crippen LogP contribution in [0, 0.1) is 0 Å². The van der Waals surface area contributed by atoms with Crippen LogP contribution in [0.1, 0.15) is 0 Å². The van der Waals surface area contributed by atoms with Gasteiger partial charge >= 0.3 is 0 Å². The summed E-state index contributed by atoms with van der Waals surface area (Å²) in [5.41, 5.74) is 4.74. The molecule has 0 aliphatic rings. The molecule has 0 saturated carbocycles. The van der Waals surface area contributed by atoms with Crippen molar-refractivity contribution in [3.63, 3.8) is 0 Å². The molecule has 9 heteroatoms. The fraction of sp³-hybridized carbons (Fsp3) is 0.200. The first-order chi connectivity index (χ1) is 14.2. The van der Waals surface area contributed by atoms with Gasteiger partial charge in [-0.25, -0.2) is 4.68 Å². The molecule has 29 heavy (non-hydrogen) atoms. The van der Waals surface area contributed by atoms with Crippen molar-refractivity contribution >= 4 is 11.5 Å². The number of hydrogen-bond acceptors (Lipinski definition) is 8. The number of hydrogen-bond donors (Lipinski definition) is 0. The molecule has 2 aromatic heterocycles. The Morgan fingerprint density at radius 3 is 2.07 bits per heavy atom. The second kappa shape index (κ2) is 7.88. The van der Waals surface area contributed by atoms with Crippen molar-refractivity contribution in [3.8, 4) is 51.0 Å². The van der Waals surface area contributed by atoms with Crippen molar-refractivity contribution in [3.05, 3.63) is 41.8 Å². The number of benzene rings is 2. The van der Waals surface area contributed by atoms with Gasteiger partial charge in [0.25, 0.3) is 0 Å². The van der Waals surface area contributed by atoms with Crippen LogP contribution in [0.2, 0.25) is 0 Å². The Balaban J connectivity index is 1.75. The second-order valence-electron chi connectivity index (χ2n) is 6.19. The van der Waals surface area contributed by atoms with E-state index in [0.29, 0.717) is 23.1 Å². The number of aryl methyl sites for hydroxylation is 1. The van der Waals surface area contributed by atoms with Gasteiger partial charge in [0.15, 0.2) is 17.3 Å². The summed E-state index contributed by atoms with van der Waals surface area (Å²) in [6, 6.07) is 11.9. The summed E-state index contributed by atoms with van der Waals surface area (Å²) in [6.07, 6.45) is 0. The average Bonchev–Trinajstić information content (AvgIpc) is 3.42. The minimum atomic E-state index is 0.553. The molecule has 0 fully saturated rings. The van der Waals surface area contributed by atoms with Gasteiger partial charge in [-0.3, -0.25) is 0 Å². The van der Waals surface area contributed by atoms with Crippen LogP contribution in [-0.2, 0) is 7.05 Å². The van der Waals surface area contributed by atoms with E-state index >= 15 is 0 Å². The van der Waals surface area contributed by atoms with Crippen molar-refractivity contribution in [2.24, 2.45) is 7.05 Å². The number of tetrazole rings is 1. The standard InChI is InChI=1S/C20H19N5O3S/c1-25-20(21-23-24-25)13-7-5-12(6-8-13)15-11-29-22-18(15)14-9-16(26-2)19(28-4)17(10-14)27-3/h5-11H,1-4H3. The maximum atomic E-state index is 5.48. The zero-order valence-electron chi connectivity index (χ0n) is 16.4. The third kappa shape index (κ3) is 3.40. The van der Waals surface area contributed by atoms with Crippen molar-refractivity contribution < 1.29 is 14.2 Å². The van der Waals surface area contributed by atoms with Crippen molar-refractivity contribution in [2.75, 3.05) is 21.3 Å². The molecule has 0 bridgehead atoms. The zero-order chi connectivity index (χ0) is 20.4. The van der Waals surface area contributed by atoms with E-state index in [2.05, 4.69) is 19.9 Å². The van der Waals surface area contributed by atoms with Gasteiger partial charge in [0.1, 0.15) is 0 Å². The molecule has 2 heterocycles. The molecule has 0 unspecified atom stereocenters. The van der Waals surface area contributed by atoms with Crippen LogP contribution < -0.4 is 14.2 Å². The fourth-order valence-electron chi connectivity index (χ4n) is 3.14. The van der Waals surface area contributed by atoms with E-state index in [1.165, 1.54) is 11.5 Å². The van der Waals surface area contributed by atoms with Crippen LogP contribution in [0.4, 0.5) is 0 Å². The highest BCUT2D eigenvalue weighted by Gasteiger charge is 2.18. The normalized spacial score (nSPS) is 10.8. The zero-order valence-corrected chi connectivity index (χ0v) is 17.2. The molecule has 0 saturated heterocycles. The van der Waals surface area contributed by atoms with Crippen LogP contribution in [0.3, 0.4) is 0 Å². The number of ether oxygens (including phenoxy) is 3. The van der Waals surface area contributed by atoms with E-state index in [1.807, 2.05) is 48.8 Å². The smallest absolute Gasteiger partial charge is 0.203 e. The summed E-state index contributed by atoms with van der Waals surface area (Å²) in [7, 11) is 6.60. The van der Waals surface area contributed by atoms with E-state index < -0.39 is 0 Å². The highest BCUT2D eigenvalue weighted by atomic mass is 32.1. The number of rotatable bonds is 6. The molecule has 0 atom stereocenters. The van der Waals surface area contributed by atoms with E-state index in [-0.39, 0.29) is 0 Å². The highest BCUT2D eigenvalue weighted by molar-refractivity contribution is 7.04. The van der Waals surface area contributed by atoms with Gasteiger partial charge in [0.2, 0.25) is 5.75 Å². The van der Waals surface area contributed by atoms with E-state index in [0.717, 1.165) is 27.9 Å². The van der Waals surface area contributed by atoms with Crippen molar-refractivity contribution in [2.45, 2.75) is 0 Å². The fourth-order valence-corrected chi connectivity index (χ4v) is 3.86. The molecule has 148 valence electrons. The Morgan fingerprint density at radius 1 is 0.862 bits per heavy atom. The Hall–Kier alpha value is -3.46. The Morgan fingerprint density at radius 2 is 1.52 bits per heavy atom. The van der Waals surface area contributed by atoms with Crippen molar-refractivity contribution in [1.82, 2.24) is 24.6 Å². The monoisotopic (exact) mass is 409 g/mol. The molecule has 0 spiro atoms. The SMILES string of the molecule is COc1cc(-c2nscc2-c2ccc(-c3nnnn3C)cc2)cc(OC)c1OC. The van der Waals surface area contributed by atoms with Gasteiger partial charge < -0.3 is 14.2 Å². The summed E-state index contributed by atoms with van der Waals surface area (Å²) in [6.45, 7) is 0. The minimum absolute atomic E-state index is 0.553. The first-order valence-electron chi connectivity index (χ1n) is 8.74. The molecular weight excluding hydrogens is 390 g/mol. The van der Waals surface area contributed by atoms with E-state index in [1.54, 1.807) is 26.0 Å². The quantitative estimate of drug-likeness (QED) is 0.480. The Labute approximate surface area is 171 Å². The summed E-state index contributed by atoms with van der Waals surface area (Å²) in [5.74, 6) is 2.44. The van der Waals surface area contributed by atoms with Gasteiger partial charge in [-0.1, -0.05) is 24.3 Å². The van der Waals surface area contributed by atoms with E-state index in [9.17, 15) is 0 Å². The van der Waals surface area contributed by atoms with Crippen LogP contribution in [0.5, 0.6) is 17.2 Å². The van der Waals surface area contributed by atoms with Gasteiger partial charge in [-0.15, -0.1) is 5.10 Å². The first kappa shape index (κ1) is 18.9. The van der Waals surface area contributed by atoms with Crippen LogP contribution in [0.15, 0.2) is 41.8 Å². The van der Waals surface area contributed by atoms with Gasteiger partial charge in [0.05, 0.1) is 27.0 Å². The van der Waals surface area contributed by atoms with Crippen LogP contribution in [0.25, 0.3) is 33.8 Å². The molecule has 0 amide bonds. The maximum Gasteiger partial charge on any atom is 0.203 e. The minimum Gasteiger partial charge on any atom is -0.493 e. The molecule has 4 rings (SSSR count). The molecule has 8 nitrogen and oxygen atoms in total. The molecule has 2 aromatic carbocycles. The second-order valence-corrected chi connectivity index (χ2v) is 6.82. The predicted molar refractivity (Wildman–Crippen MR) is 110 cm³/mol. The largest absolute Gasteiger partial charge is 0.493 e. The highest BCUT2D eigenvalue weighted by Crippen LogP contribution is 2.43. The van der Waals surface area contributed by atoms with Crippen molar-refractivity contribution in [1.29, 1.82) is 0 Å². The molecular formula is C20H19N5O3S. The molecule has 0 radical (unpaired) electrons.